The predicted molar refractivity (Wildman–Crippen MR) is 291 cm³/mol. The number of hydrogen-bond acceptors (Lipinski definition) is 0. The minimum atomic E-state index is -2.86. The van der Waals surface area contributed by atoms with Crippen molar-refractivity contribution in [1.82, 2.24) is 0 Å². The number of rotatable bonds is 37. The molecule has 0 saturated heterocycles. The topological polar surface area (TPSA) is 0 Å². The summed E-state index contributed by atoms with van der Waals surface area (Å²) >= 11 is 0. The van der Waals surface area contributed by atoms with Crippen LogP contribution in [0.3, 0.4) is 0 Å². The van der Waals surface area contributed by atoms with Crippen LogP contribution in [0.1, 0.15) is 255 Å². The molecule has 0 heterocycles. The van der Waals surface area contributed by atoms with Gasteiger partial charge in [0.25, 0.3) is 0 Å². The van der Waals surface area contributed by atoms with Crippen molar-refractivity contribution < 1.29 is 0 Å². The molecule has 0 amide bonds. The third kappa shape index (κ3) is 17.5. The SMILES string of the molecule is CCCCCCc1cc(CCCCCC)cc([Si]([C]2C=CC=C2CCCC)(c2cc(CCCCCC)cc(CCCCCC)c2)c2cc(CCCCCC)cc(CCCCCC)c2)c1. The standard InChI is InChI=1S/C63H99Si/c1-8-15-22-28-35-53-44-54(36-29-23-16-9-2)48-60(47-53)64(63-43-34-42-59(63)41-21-14-7,61-49-55(37-30-24-17-10-3)45-56(50-61)38-31-25-18-11-4)62-51-57(39-32-26-19-12-5)46-58(52-62)40-33-27-20-13-6/h34,42-52H,8-33,35-41H2,1-7H3. The Labute approximate surface area is 399 Å². The highest BCUT2D eigenvalue weighted by Gasteiger charge is 2.49. The average molecular weight is 885 g/mol. The Morgan fingerprint density at radius 1 is 0.281 bits per heavy atom. The Hall–Kier alpha value is -2.64. The largest absolute Gasteiger partial charge is 0.163 e. The van der Waals surface area contributed by atoms with Crippen LogP contribution in [0.4, 0.5) is 0 Å². The van der Waals surface area contributed by atoms with Crippen LogP contribution in [0.5, 0.6) is 0 Å². The van der Waals surface area contributed by atoms with Gasteiger partial charge in [0.15, 0.2) is 8.07 Å². The summed E-state index contributed by atoms with van der Waals surface area (Å²) in [5.41, 5.74) is 12.9. The van der Waals surface area contributed by atoms with E-state index in [0.717, 1.165) is 0 Å². The maximum absolute atomic E-state index is 2.86. The molecule has 64 heavy (non-hydrogen) atoms. The maximum atomic E-state index is 2.80. The number of allylic oxidation sites excluding steroid dienone is 4. The molecule has 0 spiro atoms. The van der Waals surface area contributed by atoms with Crippen molar-refractivity contribution in [2.24, 2.45) is 0 Å². The van der Waals surface area contributed by atoms with Gasteiger partial charge in [-0.25, -0.2) is 0 Å². The lowest BCUT2D eigenvalue weighted by atomic mass is 10.00. The molecule has 355 valence electrons. The maximum Gasteiger partial charge on any atom is 0.163 e. The van der Waals surface area contributed by atoms with Gasteiger partial charge in [-0.3, -0.25) is 0 Å². The Morgan fingerprint density at radius 3 is 0.797 bits per heavy atom. The van der Waals surface area contributed by atoms with Gasteiger partial charge in [-0.15, -0.1) is 0 Å². The molecule has 4 rings (SSSR count). The molecule has 0 saturated carbocycles. The van der Waals surface area contributed by atoms with Crippen LogP contribution in [0.25, 0.3) is 0 Å². The van der Waals surface area contributed by atoms with Crippen molar-refractivity contribution in [2.75, 3.05) is 0 Å². The minimum Gasteiger partial charge on any atom is -0.0750 e. The van der Waals surface area contributed by atoms with Crippen LogP contribution in [0, 0.1) is 5.54 Å². The molecule has 0 nitrogen and oxygen atoms in total. The van der Waals surface area contributed by atoms with Crippen molar-refractivity contribution in [3.8, 4) is 0 Å². The summed E-state index contributed by atoms with van der Waals surface area (Å²) in [7, 11) is -2.86. The molecule has 0 bridgehead atoms. The summed E-state index contributed by atoms with van der Waals surface area (Å²) in [4.78, 5) is 0. The lowest BCUT2D eigenvalue weighted by Gasteiger charge is -2.41. The van der Waals surface area contributed by atoms with Gasteiger partial charge in [0.2, 0.25) is 0 Å². The number of unbranched alkanes of at least 4 members (excludes halogenated alkanes) is 19. The first-order valence-electron chi connectivity index (χ1n) is 28.1. The van der Waals surface area contributed by atoms with E-state index in [1.54, 1.807) is 60.1 Å². The summed E-state index contributed by atoms with van der Waals surface area (Å²) in [6.07, 6.45) is 50.1. The second kappa shape index (κ2) is 32.1. The van der Waals surface area contributed by atoms with Crippen molar-refractivity contribution in [1.29, 1.82) is 0 Å². The molecule has 0 unspecified atom stereocenters. The highest BCUT2D eigenvalue weighted by atomic mass is 28.3. The van der Waals surface area contributed by atoms with E-state index in [1.165, 1.54) is 212 Å². The molecule has 0 fully saturated rings. The van der Waals surface area contributed by atoms with Gasteiger partial charge in [0, 0.05) is 5.54 Å². The van der Waals surface area contributed by atoms with Gasteiger partial charge < -0.3 is 0 Å². The van der Waals surface area contributed by atoms with Crippen molar-refractivity contribution in [3.05, 3.63) is 117 Å². The summed E-state index contributed by atoms with van der Waals surface area (Å²) in [5.74, 6) is 0. The van der Waals surface area contributed by atoms with E-state index < -0.39 is 8.07 Å². The molecule has 0 atom stereocenters. The molecule has 3 aromatic rings. The summed E-state index contributed by atoms with van der Waals surface area (Å²) in [6.45, 7) is 16.5. The van der Waals surface area contributed by atoms with Crippen molar-refractivity contribution >= 4 is 23.6 Å². The Morgan fingerprint density at radius 2 is 0.547 bits per heavy atom. The molecule has 0 aliphatic heterocycles. The van der Waals surface area contributed by atoms with Gasteiger partial charge >= 0.3 is 0 Å². The zero-order valence-electron chi connectivity index (χ0n) is 43.3. The van der Waals surface area contributed by atoms with E-state index in [4.69, 9.17) is 0 Å². The van der Waals surface area contributed by atoms with Gasteiger partial charge in [0.05, 0.1) is 0 Å². The quantitative estimate of drug-likeness (QED) is 0.0307. The van der Waals surface area contributed by atoms with Crippen LogP contribution in [0.2, 0.25) is 0 Å². The lowest BCUT2D eigenvalue weighted by Crippen LogP contribution is -2.71. The smallest absolute Gasteiger partial charge is 0.0750 e. The number of benzene rings is 3. The van der Waals surface area contributed by atoms with E-state index in [2.05, 4.69) is 121 Å². The van der Waals surface area contributed by atoms with E-state index in [-0.39, 0.29) is 0 Å². The summed E-state index contributed by atoms with van der Waals surface area (Å²) in [6, 6.07) is 24.8. The van der Waals surface area contributed by atoms with Gasteiger partial charge in [-0.2, -0.15) is 0 Å². The molecule has 3 aromatic carbocycles. The normalized spacial score (nSPS) is 13.1. The van der Waals surface area contributed by atoms with E-state index in [9.17, 15) is 0 Å². The molecule has 1 radical (unpaired) electrons. The van der Waals surface area contributed by atoms with Crippen molar-refractivity contribution in [3.63, 3.8) is 0 Å². The second-order valence-corrected chi connectivity index (χ2v) is 24.1. The third-order valence-electron chi connectivity index (χ3n) is 14.5. The molecule has 1 heteroatoms. The number of aryl methyl sites for hydroxylation is 6. The van der Waals surface area contributed by atoms with Gasteiger partial charge in [-0.05, 0) is 139 Å². The first-order chi connectivity index (χ1) is 31.5. The van der Waals surface area contributed by atoms with Crippen LogP contribution in [0.15, 0.2) is 78.4 Å². The Kier molecular flexibility index (Phi) is 27.1. The second-order valence-electron chi connectivity index (χ2n) is 20.3. The first-order valence-corrected chi connectivity index (χ1v) is 30.1. The monoisotopic (exact) mass is 884 g/mol. The zero-order valence-corrected chi connectivity index (χ0v) is 44.3. The number of hydrogen-bond donors (Lipinski definition) is 0. The zero-order chi connectivity index (χ0) is 45.7. The fourth-order valence-corrected chi connectivity index (χ4v) is 16.1. The first kappa shape index (κ1) is 54.0. The molecule has 1 aliphatic rings. The fourth-order valence-electron chi connectivity index (χ4n) is 10.7. The van der Waals surface area contributed by atoms with Crippen LogP contribution in [-0.2, 0) is 38.5 Å². The van der Waals surface area contributed by atoms with Crippen molar-refractivity contribution in [2.45, 2.75) is 260 Å². The Balaban J connectivity index is 2.14. The summed E-state index contributed by atoms with van der Waals surface area (Å²) in [5, 5.41) is 5.03. The molecule has 0 aromatic heterocycles. The van der Waals surface area contributed by atoms with E-state index >= 15 is 0 Å². The van der Waals surface area contributed by atoms with Crippen LogP contribution in [-0.4, -0.2) is 8.07 Å². The predicted octanol–water partition coefficient (Wildman–Crippen LogP) is 17.7. The van der Waals surface area contributed by atoms with Gasteiger partial charge in [-0.1, -0.05) is 249 Å². The molecule has 1 aliphatic carbocycles. The van der Waals surface area contributed by atoms with Crippen LogP contribution < -0.4 is 15.6 Å². The van der Waals surface area contributed by atoms with E-state index in [0.29, 0.717) is 0 Å². The third-order valence-corrected chi connectivity index (χ3v) is 19.2. The van der Waals surface area contributed by atoms with Gasteiger partial charge in [0.1, 0.15) is 0 Å². The molecular formula is C63H99Si. The van der Waals surface area contributed by atoms with E-state index in [1.807, 2.05) is 0 Å². The highest BCUT2D eigenvalue weighted by molar-refractivity contribution is 7.16. The lowest BCUT2D eigenvalue weighted by molar-refractivity contribution is 0.661. The summed E-state index contributed by atoms with van der Waals surface area (Å²) < 4.78 is 0. The highest BCUT2D eigenvalue weighted by Crippen LogP contribution is 2.36. The fraction of sp³-hybridized carbons (Fsp3) is 0.635. The molecular weight excluding hydrogens is 785 g/mol. The minimum absolute atomic E-state index is 1.18. The average Bonchev–Trinajstić information content (AvgIpc) is 3.78. The van der Waals surface area contributed by atoms with Crippen LogP contribution >= 0.6 is 0 Å². The Bertz CT molecular complexity index is 1490. The molecule has 0 N–H and O–H groups in total.